The number of nitrogens with zero attached hydrogens (tertiary/aromatic N) is 2. The Labute approximate surface area is 155 Å². The van der Waals surface area contributed by atoms with Gasteiger partial charge in [0, 0.05) is 26.2 Å². The topological polar surface area (TPSA) is 59.1 Å². The van der Waals surface area contributed by atoms with Crippen molar-refractivity contribution in [3.63, 3.8) is 0 Å². The van der Waals surface area contributed by atoms with E-state index in [1.54, 1.807) is 4.90 Å². The fraction of sp³-hybridized carbons (Fsp3) is 0.600. The van der Waals surface area contributed by atoms with Crippen LogP contribution in [0.25, 0.3) is 0 Å². The van der Waals surface area contributed by atoms with Crippen molar-refractivity contribution < 1.29 is 19.1 Å². The van der Waals surface area contributed by atoms with Gasteiger partial charge in [-0.15, -0.1) is 0 Å². The number of para-hydroxylation sites is 1. The summed E-state index contributed by atoms with van der Waals surface area (Å²) < 4.78 is 11.1. The molecule has 6 heteroatoms. The van der Waals surface area contributed by atoms with E-state index in [0.717, 1.165) is 30.6 Å². The van der Waals surface area contributed by atoms with Crippen LogP contribution in [0.3, 0.4) is 0 Å². The number of piperidine rings is 1. The number of carbonyl (C=O) groups is 2. The molecule has 1 unspecified atom stereocenters. The summed E-state index contributed by atoms with van der Waals surface area (Å²) in [5.41, 5.74) is 1.10. The van der Waals surface area contributed by atoms with Crippen molar-refractivity contribution in [2.24, 2.45) is 5.92 Å². The minimum atomic E-state index is -0.103. The quantitative estimate of drug-likeness (QED) is 0.802. The normalized spacial score (nSPS) is 20.7. The molecule has 3 rings (SSSR count). The summed E-state index contributed by atoms with van der Waals surface area (Å²) in [6.07, 6.45) is 2.57. The van der Waals surface area contributed by atoms with Crippen molar-refractivity contribution >= 4 is 11.8 Å². The van der Waals surface area contributed by atoms with Crippen LogP contribution in [-0.2, 0) is 20.7 Å². The average molecular weight is 360 g/mol. The van der Waals surface area contributed by atoms with Crippen LogP contribution >= 0.6 is 0 Å². The Balaban J connectivity index is 1.53. The molecule has 2 aliphatic heterocycles. The molecule has 0 bridgehead atoms. The molecule has 6 nitrogen and oxygen atoms in total. The predicted octanol–water partition coefficient (Wildman–Crippen LogP) is 1.73. The summed E-state index contributed by atoms with van der Waals surface area (Å²) in [6.45, 7) is 5.79. The van der Waals surface area contributed by atoms with Crippen molar-refractivity contribution in [2.75, 3.05) is 46.0 Å². The zero-order valence-electron chi connectivity index (χ0n) is 15.5. The Morgan fingerprint density at radius 3 is 2.69 bits per heavy atom. The number of likely N-dealkylation sites (tertiary alicyclic amines) is 1. The third-order valence-corrected chi connectivity index (χ3v) is 5.15. The Morgan fingerprint density at radius 1 is 1.15 bits per heavy atom. The molecule has 0 radical (unpaired) electrons. The van der Waals surface area contributed by atoms with Gasteiger partial charge in [-0.05, 0) is 30.9 Å². The molecule has 0 saturated carbocycles. The summed E-state index contributed by atoms with van der Waals surface area (Å²) in [5.74, 6) is 0.772. The minimum absolute atomic E-state index is 0.0233. The molecule has 0 N–H and O–H groups in total. The van der Waals surface area contributed by atoms with E-state index in [9.17, 15) is 9.59 Å². The van der Waals surface area contributed by atoms with Crippen LogP contribution in [-0.4, -0.2) is 67.6 Å². The molecule has 1 aromatic rings. The van der Waals surface area contributed by atoms with E-state index in [4.69, 9.17) is 9.47 Å². The molecule has 142 valence electrons. The lowest BCUT2D eigenvalue weighted by atomic mass is 9.96. The van der Waals surface area contributed by atoms with E-state index in [1.807, 2.05) is 29.2 Å². The molecule has 2 heterocycles. The van der Waals surface area contributed by atoms with Gasteiger partial charge in [0.25, 0.3) is 5.91 Å². The second-order valence-corrected chi connectivity index (χ2v) is 6.87. The molecule has 2 aliphatic rings. The number of amides is 2. The minimum Gasteiger partial charge on any atom is -0.483 e. The number of ether oxygens (including phenoxy) is 2. The van der Waals surface area contributed by atoms with Crippen LogP contribution in [0.15, 0.2) is 24.3 Å². The summed E-state index contributed by atoms with van der Waals surface area (Å²) in [6, 6.07) is 7.79. The van der Waals surface area contributed by atoms with Gasteiger partial charge >= 0.3 is 0 Å². The standard InChI is InChI=1S/C20H28N2O4/c1-2-16-6-3-4-8-18(16)26-15-19(23)22-9-5-7-17(14-22)20(24)21-10-12-25-13-11-21/h3-4,6,8,17H,2,5,7,9-15H2,1H3. The first-order valence-corrected chi connectivity index (χ1v) is 9.54. The monoisotopic (exact) mass is 360 g/mol. The molecule has 2 amide bonds. The van der Waals surface area contributed by atoms with Crippen molar-refractivity contribution in [2.45, 2.75) is 26.2 Å². The zero-order valence-corrected chi connectivity index (χ0v) is 15.5. The van der Waals surface area contributed by atoms with Crippen LogP contribution in [0.1, 0.15) is 25.3 Å². The van der Waals surface area contributed by atoms with Gasteiger partial charge < -0.3 is 19.3 Å². The number of hydrogen-bond acceptors (Lipinski definition) is 4. The lowest BCUT2D eigenvalue weighted by Gasteiger charge is -2.36. The molecule has 0 aliphatic carbocycles. The average Bonchev–Trinajstić information content (AvgIpc) is 2.72. The third kappa shape index (κ3) is 4.55. The smallest absolute Gasteiger partial charge is 0.260 e. The van der Waals surface area contributed by atoms with Gasteiger partial charge in [-0.3, -0.25) is 9.59 Å². The molecule has 0 spiro atoms. The highest BCUT2D eigenvalue weighted by molar-refractivity contribution is 5.82. The van der Waals surface area contributed by atoms with Gasteiger partial charge in [0.2, 0.25) is 5.91 Å². The van der Waals surface area contributed by atoms with E-state index in [1.165, 1.54) is 0 Å². The number of carbonyl (C=O) groups excluding carboxylic acids is 2. The molecule has 2 fully saturated rings. The second-order valence-electron chi connectivity index (χ2n) is 6.87. The highest BCUT2D eigenvalue weighted by atomic mass is 16.5. The fourth-order valence-electron chi connectivity index (χ4n) is 3.61. The lowest BCUT2D eigenvalue weighted by Crippen LogP contribution is -2.50. The highest BCUT2D eigenvalue weighted by Crippen LogP contribution is 2.21. The van der Waals surface area contributed by atoms with E-state index in [-0.39, 0.29) is 24.3 Å². The van der Waals surface area contributed by atoms with Crippen molar-refractivity contribution in [3.05, 3.63) is 29.8 Å². The number of hydrogen-bond donors (Lipinski definition) is 0. The SMILES string of the molecule is CCc1ccccc1OCC(=O)N1CCCC(C(=O)N2CCOCC2)C1. The van der Waals surface area contributed by atoms with Gasteiger partial charge in [0.05, 0.1) is 19.1 Å². The summed E-state index contributed by atoms with van der Waals surface area (Å²) in [4.78, 5) is 28.9. The van der Waals surface area contributed by atoms with Crippen molar-refractivity contribution in [1.82, 2.24) is 9.80 Å². The summed E-state index contributed by atoms with van der Waals surface area (Å²) in [5, 5.41) is 0. The van der Waals surface area contributed by atoms with Crippen LogP contribution in [0.5, 0.6) is 5.75 Å². The predicted molar refractivity (Wildman–Crippen MR) is 98.0 cm³/mol. The van der Waals surface area contributed by atoms with E-state index in [2.05, 4.69) is 6.92 Å². The Hall–Kier alpha value is -2.08. The summed E-state index contributed by atoms with van der Waals surface area (Å²) >= 11 is 0. The third-order valence-electron chi connectivity index (χ3n) is 5.15. The molecule has 1 atom stereocenters. The number of benzene rings is 1. The van der Waals surface area contributed by atoms with Crippen LogP contribution < -0.4 is 4.74 Å². The Bertz CT molecular complexity index is 628. The molecular formula is C20H28N2O4. The van der Waals surface area contributed by atoms with Crippen molar-refractivity contribution in [3.8, 4) is 5.75 Å². The largest absolute Gasteiger partial charge is 0.483 e. The van der Waals surface area contributed by atoms with Gasteiger partial charge in [-0.2, -0.15) is 0 Å². The molecular weight excluding hydrogens is 332 g/mol. The second kappa shape index (κ2) is 9.03. The first-order valence-electron chi connectivity index (χ1n) is 9.54. The fourth-order valence-corrected chi connectivity index (χ4v) is 3.61. The summed E-state index contributed by atoms with van der Waals surface area (Å²) in [7, 11) is 0. The maximum atomic E-state index is 12.7. The van der Waals surface area contributed by atoms with Gasteiger partial charge in [0.15, 0.2) is 6.61 Å². The lowest BCUT2D eigenvalue weighted by molar-refractivity contribution is -0.144. The van der Waals surface area contributed by atoms with Crippen LogP contribution in [0.4, 0.5) is 0 Å². The highest BCUT2D eigenvalue weighted by Gasteiger charge is 2.31. The van der Waals surface area contributed by atoms with Gasteiger partial charge in [-0.1, -0.05) is 25.1 Å². The van der Waals surface area contributed by atoms with Crippen LogP contribution in [0.2, 0.25) is 0 Å². The Morgan fingerprint density at radius 2 is 1.92 bits per heavy atom. The van der Waals surface area contributed by atoms with E-state index >= 15 is 0 Å². The Kier molecular flexibility index (Phi) is 6.50. The first-order chi connectivity index (χ1) is 12.7. The molecule has 1 aromatic carbocycles. The molecule has 2 saturated heterocycles. The van der Waals surface area contributed by atoms with Crippen LogP contribution in [0, 0.1) is 5.92 Å². The first kappa shape index (κ1) is 18.7. The maximum Gasteiger partial charge on any atom is 0.260 e. The number of rotatable bonds is 5. The van der Waals surface area contributed by atoms with E-state index < -0.39 is 0 Å². The maximum absolute atomic E-state index is 12.7. The van der Waals surface area contributed by atoms with E-state index in [0.29, 0.717) is 39.4 Å². The number of morpholine rings is 1. The number of aryl methyl sites for hydroxylation is 1. The van der Waals surface area contributed by atoms with Gasteiger partial charge in [-0.25, -0.2) is 0 Å². The van der Waals surface area contributed by atoms with Crippen molar-refractivity contribution in [1.29, 1.82) is 0 Å². The molecule has 0 aromatic heterocycles. The zero-order chi connectivity index (χ0) is 18.4. The van der Waals surface area contributed by atoms with Gasteiger partial charge in [0.1, 0.15) is 5.75 Å². The molecule has 26 heavy (non-hydrogen) atoms.